The summed E-state index contributed by atoms with van der Waals surface area (Å²) in [5.74, 6) is -0.545. The minimum Gasteiger partial charge on any atom is -0.478 e. The number of carbonyl (C=O) groups excluding carboxylic acids is 1. The van der Waals surface area contributed by atoms with Crippen molar-refractivity contribution in [2.75, 3.05) is 5.88 Å². The molecule has 22 heavy (non-hydrogen) atoms. The van der Waals surface area contributed by atoms with Gasteiger partial charge in [-0.3, -0.25) is 9.78 Å². The van der Waals surface area contributed by atoms with E-state index in [1.807, 2.05) is 30.3 Å². The van der Waals surface area contributed by atoms with Gasteiger partial charge >= 0.3 is 5.97 Å². The van der Waals surface area contributed by atoms with Crippen molar-refractivity contribution < 1.29 is 14.7 Å². The molecule has 0 atom stereocenters. The molecule has 1 amide bonds. The number of nitrogens with zero attached hydrogens (tertiary/aromatic N) is 1. The SMILES string of the molecule is O=C(CCCl)NCc1ccccc1.O=C(O)c1ccncc1. The Morgan fingerprint density at radius 2 is 1.73 bits per heavy atom. The van der Waals surface area contributed by atoms with Crippen LogP contribution in [0.1, 0.15) is 22.3 Å². The van der Waals surface area contributed by atoms with Crippen LogP contribution < -0.4 is 5.32 Å². The van der Waals surface area contributed by atoms with Crippen molar-refractivity contribution in [1.29, 1.82) is 0 Å². The number of aromatic carboxylic acids is 1. The van der Waals surface area contributed by atoms with Crippen LogP contribution in [0.25, 0.3) is 0 Å². The molecule has 2 N–H and O–H groups in total. The van der Waals surface area contributed by atoms with Crippen molar-refractivity contribution in [2.24, 2.45) is 0 Å². The molecule has 0 bridgehead atoms. The highest BCUT2D eigenvalue weighted by molar-refractivity contribution is 6.18. The van der Waals surface area contributed by atoms with Crippen LogP contribution in [-0.2, 0) is 11.3 Å². The lowest BCUT2D eigenvalue weighted by Crippen LogP contribution is -2.22. The lowest BCUT2D eigenvalue weighted by Gasteiger charge is -2.02. The van der Waals surface area contributed by atoms with Gasteiger partial charge in [-0.05, 0) is 17.7 Å². The van der Waals surface area contributed by atoms with Crippen LogP contribution in [-0.4, -0.2) is 27.8 Å². The second-order valence-electron chi connectivity index (χ2n) is 4.24. The molecule has 6 heteroatoms. The third-order valence-electron chi connectivity index (χ3n) is 2.58. The van der Waals surface area contributed by atoms with Crippen molar-refractivity contribution in [1.82, 2.24) is 10.3 Å². The second-order valence-corrected chi connectivity index (χ2v) is 4.62. The number of amides is 1. The predicted molar refractivity (Wildman–Crippen MR) is 84.8 cm³/mol. The van der Waals surface area contributed by atoms with Gasteiger partial charge < -0.3 is 10.4 Å². The first-order chi connectivity index (χ1) is 10.6. The van der Waals surface area contributed by atoms with Crippen LogP contribution in [0.15, 0.2) is 54.9 Å². The standard InChI is InChI=1S/C10H12ClNO.C6H5NO2/c11-7-6-10(13)12-8-9-4-2-1-3-5-9;8-6(9)5-1-3-7-4-2-5/h1-5H,6-8H2,(H,12,13);1-4H,(H,8,9). The first-order valence-electron chi connectivity index (χ1n) is 6.63. The fourth-order valence-corrected chi connectivity index (χ4v) is 1.64. The van der Waals surface area contributed by atoms with Gasteiger partial charge in [0, 0.05) is 31.2 Å². The molecule has 0 aliphatic heterocycles. The fraction of sp³-hybridized carbons (Fsp3) is 0.188. The highest BCUT2D eigenvalue weighted by atomic mass is 35.5. The van der Waals surface area contributed by atoms with E-state index in [-0.39, 0.29) is 11.5 Å². The highest BCUT2D eigenvalue weighted by Crippen LogP contribution is 1.97. The molecule has 116 valence electrons. The number of rotatable bonds is 5. The van der Waals surface area contributed by atoms with Gasteiger partial charge in [0.25, 0.3) is 0 Å². The molecule has 5 nitrogen and oxygen atoms in total. The number of hydrogen-bond donors (Lipinski definition) is 2. The second kappa shape index (κ2) is 10.3. The number of aromatic nitrogens is 1. The number of hydrogen-bond acceptors (Lipinski definition) is 3. The van der Waals surface area contributed by atoms with E-state index in [0.29, 0.717) is 18.8 Å². The van der Waals surface area contributed by atoms with Gasteiger partial charge in [-0.15, -0.1) is 11.6 Å². The summed E-state index contributed by atoms with van der Waals surface area (Å²) in [6, 6.07) is 12.7. The van der Waals surface area contributed by atoms with E-state index in [2.05, 4.69) is 10.3 Å². The molecule has 0 saturated heterocycles. The molecule has 1 heterocycles. The minimum atomic E-state index is -0.919. The Morgan fingerprint density at radius 1 is 1.09 bits per heavy atom. The highest BCUT2D eigenvalue weighted by Gasteiger charge is 1.98. The zero-order valence-corrected chi connectivity index (χ0v) is 12.7. The van der Waals surface area contributed by atoms with E-state index in [1.165, 1.54) is 24.5 Å². The largest absolute Gasteiger partial charge is 0.478 e. The molecule has 0 radical (unpaired) electrons. The number of halogens is 1. The Kier molecular flexibility index (Phi) is 8.30. The van der Waals surface area contributed by atoms with Gasteiger partial charge in [0.05, 0.1) is 5.56 Å². The van der Waals surface area contributed by atoms with Crippen molar-refractivity contribution in [3.8, 4) is 0 Å². The average Bonchev–Trinajstić information content (AvgIpc) is 2.56. The minimum absolute atomic E-state index is 0.00106. The van der Waals surface area contributed by atoms with Crippen molar-refractivity contribution in [2.45, 2.75) is 13.0 Å². The molecule has 2 rings (SSSR count). The summed E-state index contributed by atoms with van der Waals surface area (Å²) in [7, 11) is 0. The third kappa shape index (κ3) is 7.40. The normalized spacial score (nSPS) is 9.32. The summed E-state index contributed by atoms with van der Waals surface area (Å²) in [5, 5.41) is 11.1. The lowest BCUT2D eigenvalue weighted by atomic mass is 10.2. The molecule has 2 aromatic rings. The molecule has 1 aromatic carbocycles. The summed E-state index contributed by atoms with van der Waals surface area (Å²) in [5.41, 5.74) is 1.37. The maximum atomic E-state index is 11.0. The predicted octanol–water partition coefficient (Wildman–Crippen LogP) is 2.71. The Balaban J connectivity index is 0.000000235. The van der Waals surface area contributed by atoms with Gasteiger partial charge in [-0.2, -0.15) is 0 Å². The van der Waals surface area contributed by atoms with Crippen LogP contribution in [0, 0.1) is 0 Å². The van der Waals surface area contributed by atoms with Gasteiger partial charge in [0.1, 0.15) is 0 Å². The van der Waals surface area contributed by atoms with Crippen molar-refractivity contribution in [3.63, 3.8) is 0 Å². The Hall–Kier alpha value is -2.40. The molecule has 1 aromatic heterocycles. The molecular weight excluding hydrogens is 304 g/mol. The molecule has 0 spiro atoms. The summed E-state index contributed by atoms with van der Waals surface area (Å²) >= 11 is 5.42. The van der Waals surface area contributed by atoms with E-state index in [9.17, 15) is 9.59 Å². The van der Waals surface area contributed by atoms with E-state index in [4.69, 9.17) is 16.7 Å². The molecule has 0 aliphatic rings. The van der Waals surface area contributed by atoms with Gasteiger partial charge in [0.15, 0.2) is 0 Å². The summed E-state index contributed by atoms with van der Waals surface area (Å²) in [6.45, 7) is 0.580. The average molecular weight is 321 g/mol. The van der Waals surface area contributed by atoms with Crippen LogP contribution >= 0.6 is 11.6 Å². The zero-order chi connectivity index (χ0) is 16.2. The number of carboxylic acids is 1. The quantitative estimate of drug-likeness (QED) is 0.830. The third-order valence-corrected chi connectivity index (χ3v) is 2.77. The maximum Gasteiger partial charge on any atom is 0.335 e. The molecular formula is C16H17ClN2O3. The Labute approximate surface area is 134 Å². The van der Waals surface area contributed by atoms with Gasteiger partial charge in [-0.25, -0.2) is 4.79 Å². The van der Waals surface area contributed by atoms with E-state index in [0.717, 1.165) is 5.56 Å². The number of nitrogens with one attached hydrogen (secondary N) is 1. The fourth-order valence-electron chi connectivity index (χ4n) is 1.47. The molecule has 0 saturated carbocycles. The monoisotopic (exact) mass is 320 g/mol. The van der Waals surface area contributed by atoms with E-state index >= 15 is 0 Å². The first-order valence-corrected chi connectivity index (χ1v) is 7.17. The number of carbonyl (C=O) groups is 2. The van der Waals surface area contributed by atoms with Crippen molar-refractivity contribution >= 4 is 23.5 Å². The van der Waals surface area contributed by atoms with Crippen molar-refractivity contribution in [3.05, 3.63) is 66.0 Å². The topological polar surface area (TPSA) is 79.3 Å². The summed E-state index contributed by atoms with van der Waals surface area (Å²) < 4.78 is 0. The maximum absolute atomic E-state index is 11.0. The van der Waals surface area contributed by atoms with Gasteiger partial charge in [-0.1, -0.05) is 30.3 Å². The lowest BCUT2D eigenvalue weighted by molar-refractivity contribution is -0.120. The Morgan fingerprint density at radius 3 is 2.23 bits per heavy atom. The van der Waals surface area contributed by atoms with E-state index in [1.54, 1.807) is 0 Å². The van der Waals surface area contributed by atoms with E-state index < -0.39 is 5.97 Å². The number of alkyl halides is 1. The smallest absolute Gasteiger partial charge is 0.335 e. The summed E-state index contributed by atoms with van der Waals surface area (Å²) in [4.78, 5) is 24.9. The number of pyridine rings is 1. The zero-order valence-electron chi connectivity index (χ0n) is 11.9. The summed E-state index contributed by atoms with van der Waals surface area (Å²) in [6.07, 6.45) is 3.28. The Bertz CT molecular complexity index is 576. The molecule has 0 aliphatic carbocycles. The van der Waals surface area contributed by atoms with Crippen LogP contribution in [0.3, 0.4) is 0 Å². The first kappa shape index (κ1) is 17.7. The number of carboxylic acid groups (broad SMARTS) is 1. The van der Waals surface area contributed by atoms with Crippen LogP contribution in [0.4, 0.5) is 0 Å². The van der Waals surface area contributed by atoms with Gasteiger partial charge in [0.2, 0.25) is 5.91 Å². The molecule has 0 fully saturated rings. The molecule has 0 unspecified atom stereocenters. The van der Waals surface area contributed by atoms with Crippen LogP contribution in [0.2, 0.25) is 0 Å². The van der Waals surface area contributed by atoms with Crippen LogP contribution in [0.5, 0.6) is 0 Å². The number of benzene rings is 1.